The summed E-state index contributed by atoms with van der Waals surface area (Å²) in [7, 11) is 0. The third-order valence-electron chi connectivity index (χ3n) is 3.85. The molecule has 1 aliphatic heterocycles. The van der Waals surface area contributed by atoms with Crippen molar-refractivity contribution in [3.05, 3.63) is 28.8 Å². The van der Waals surface area contributed by atoms with Crippen LogP contribution in [0.4, 0.5) is 5.69 Å². The molecule has 19 heavy (non-hydrogen) atoms. The van der Waals surface area contributed by atoms with Crippen molar-refractivity contribution in [2.24, 2.45) is 5.41 Å². The van der Waals surface area contributed by atoms with Crippen molar-refractivity contribution in [2.75, 3.05) is 11.9 Å². The normalized spacial score (nSPS) is 22.0. The maximum atomic E-state index is 12.4. The Morgan fingerprint density at radius 2 is 2.21 bits per heavy atom. The highest BCUT2D eigenvalue weighted by Gasteiger charge is 2.37. The van der Waals surface area contributed by atoms with Gasteiger partial charge in [0, 0.05) is 10.7 Å². The highest BCUT2D eigenvalue weighted by Crippen LogP contribution is 2.31. The van der Waals surface area contributed by atoms with Gasteiger partial charge in [0.25, 0.3) is 0 Å². The Labute approximate surface area is 119 Å². The Kier molecular flexibility index (Phi) is 4.16. The summed E-state index contributed by atoms with van der Waals surface area (Å²) >= 11 is 5.98. The van der Waals surface area contributed by atoms with Crippen LogP contribution < -0.4 is 10.6 Å². The zero-order valence-corrected chi connectivity index (χ0v) is 12.5. The standard InChI is InChI=1S/C15H21ClN2O/c1-10-5-6-11(16)9-12(10)18-14(19)13-15(2,3)7-4-8-17-13/h5-6,9,13,17H,4,7-8H2,1-3H3,(H,18,19). The van der Waals surface area contributed by atoms with Gasteiger partial charge in [0.15, 0.2) is 0 Å². The number of halogens is 1. The number of carbonyl (C=O) groups excluding carboxylic acids is 1. The molecule has 2 N–H and O–H groups in total. The molecule has 1 aliphatic rings. The van der Waals surface area contributed by atoms with E-state index in [2.05, 4.69) is 24.5 Å². The zero-order valence-electron chi connectivity index (χ0n) is 11.7. The van der Waals surface area contributed by atoms with Crippen LogP contribution in [0, 0.1) is 12.3 Å². The third-order valence-corrected chi connectivity index (χ3v) is 4.08. The number of hydrogen-bond donors (Lipinski definition) is 2. The van der Waals surface area contributed by atoms with Crippen LogP contribution in [0.25, 0.3) is 0 Å². The fraction of sp³-hybridized carbons (Fsp3) is 0.533. The maximum absolute atomic E-state index is 12.4. The van der Waals surface area contributed by atoms with E-state index < -0.39 is 0 Å². The van der Waals surface area contributed by atoms with Gasteiger partial charge >= 0.3 is 0 Å². The maximum Gasteiger partial charge on any atom is 0.242 e. The fourth-order valence-corrected chi connectivity index (χ4v) is 2.76. The van der Waals surface area contributed by atoms with Crippen LogP contribution in [0.5, 0.6) is 0 Å². The summed E-state index contributed by atoms with van der Waals surface area (Å²) in [6, 6.07) is 5.39. The minimum Gasteiger partial charge on any atom is -0.324 e. The lowest BCUT2D eigenvalue weighted by atomic mass is 9.77. The Balaban J connectivity index is 2.14. The molecular weight excluding hydrogens is 260 g/mol. The molecule has 1 aromatic carbocycles. The summed E-state index contributed by atoms with van der Waals surface area (Å²) in [5, 5.41) is 6.94. The number of anilines is 1. The van der Waals surface area contributed by atoms with Gasteiger partial charge in [0.2, 0.25) is 5.91 Å². The minimum absolute atomic E-state index is 0.0190. The van der Waals surface area contributed by atoms with E-state index in [-0.39, 0.29) is 17.4 Å². The molecule has 0 saturated carbocycles. The third kappa shape index (κ3) is 3.28. The Morgan fingerprint density at radius 3 is 2.89 bits per heavy atom. The topological polar surface area (TPSA) is 41.1 Å². The molecule has 0 aliphatic carbocycles. The summed E-state index contributed by atoms with van der Waals surface area (Å²) in [6.45, 7) is 7.13. The van der Waals surface area contributed by atoms with Gasteiger partial charge in [-0.15, -0.1) is 0 Å². The lowest BCUT2D eigenvalue weighted by molar-refractivity contribution is -0.121. The summed E-state index contributed by atoms with van der Waals surface area (Å²) in [6.07, 6.45) is 2.18. The van der Waals surface area contributed by atoms with Crippen LogP contribution in [-0.4, -0.2) is 18.5 Å². The number of benzene rings is 1. The molecule has 1 heterocycles. The molecule has 104 valence electrons. The first-order chi connectivity index (χ1) is 8.90. The van der Waals surface area contributed by atoms with Crippen LogP contribution in [0.2, 0.25) is 5.02 Å². The molecule has 2 rings (SSSR count). The van der Waals surface area contributed by atoms with E-state index in [1.165, 1.54) is 0 Å². The SMILES string of the molecule is Cc1ccc(Cl)cc1NC(=O)C1NCCCC1(C)C. The Hall–Kier alpha value is -1.06. The van der Waals surface area contributed by atoms with E-state index >= 15 is 0 Å². The lowest BCUT2D eigenvalue weighted by Gasteiger charge is -2.38. The van der Waals surface area contributed by atoms with Crippen LogP contribution >= 0.6 is 11.6 Å². The van der Waals surface area contributed by atoms with Crippen LogP contribution in [-0.2, 0) is 4.79 Å². The van der Waals surface area contributed by atoms with Crippen molar-refractivity contribution in [1.29, 1.82) is 0 Å². The number of amides is 1. The average molecular weight is 281 g/mol. The molecule has 0 bridgehead atoms. The highest BCUT2D eigenvalue weighted by molar-refractivity contribution is 6.31. The molecule has 0 aromatic heterocycles. The first-order valence-corrected chi connectivity index (χ1v) is 7.08. The van der Waals surface area contributed by atoms with Gasteiger partial charge in [-0.2, -0.15) is 0 Å². The van der Waals surface area contributed by atoms with Crippen molar-refractivity contribution in [2.45, 2.75) is 39.7 Å². The van der Waals surface area contributed by atoms with Crippen molar-refractivity contribution >= 4 is 23.2 Å². The van der Waals surface area contributed by atoms with Gasteiger partial charge in [-0.05, 0) is 49.4 Å². The zero-order chi connectivity index (χ0) is 14.0. The van der Waals surface area contributed by atoms with Crippen LogP contribution in [0.1, 0.15) is 32.3 Å². The molecule has 0 radical (unpaired) electrons. The largest absolute Gasteiger partial charge is 0.324 e. The summed E-state index contributed by atoms with van der Waals surface area (Å²) in [4.78, 5) is 12.4. The van der Waals surface area contributed by atoms with Crippen molar-refractivity contribution in [3.8, 4) is 0 Å². The van der Waals surface area contributed by atoms with Gasteiger partial charge in [0.05, 0.1) is 6.04 Å². The Morgan fingerprint density at radius 1 is 1.47 bits per heavy atom. The predicted molar refractivity (Wildman–Crippen MR) is 79.6 cm³/mol. The second-order valence-corrected chi connectivity index (χ2v) is 6.36. The molecule has 4 heteroatoms. The second-order valence-electron chi connectivity index (χ2n) is 5.93. The number of nitrogens with one attached hydrogen (secondary N) is 2. The van der Waals surface area contributed by atoms with Gasteiger partial charge in [0.1, 0.15) is 0 Å². The van der Waals surface area contributed by atoms with Crippen molar-refractivity contribution in [1.82, 2.24) is 5.32 Å². The van der Waals surface area contributed by atoms with E-state index in [1.54, 1.807) is 6.07 Å². The molecule has 3 nitrogen and oxygen atoms in total. The second kappa shape index (κ2) is 5.51. The number of rotatable bonds is 2. The van der Waals surface area contributed by atoms with Crippen molar-refractivity contribution in [3.63, 3.8) is 0 Å². The summed E-state index contributed by atoms with van der Waals surface area (Å²) in [5.41, 5.74) is 1.79. The van der Waals surface area contributed by atoms with E-state index in [0.29, 0.717) is 5.02 Å². The lowest BCUT2D eigenvalue weighted by Crippen LogP contribution is -2.53. The fourth-order valence-electron chi connectivity index (χ4n) is 2.59. The van der Waals surface area contributed by atoms with E-state index in [4.69, 9.17) is 11.6 Å². The summed E-state index contributed by atoms with van der Waals surface area (Å²) in [5.74, 6) is 0.0232. The molecule has 1 saturated heterocycles. The van der Waals surface area contributed by atoms with Crippen molar-refractivity contribution < 1.29 is 4.79 Å². The molecule has 1 aromatic rings. The number of carbonyl (C=O) groups is 1. The molecule has 0 spiro atoms. The number of aryl methyl sites for hydroxylation is 1. The number of piperidine rings is 1. The van der Waals surface area contributed by atoms with Gasteiger partial charge in [-0.1, -0.05) is 31.5 Å². The van der Waals surface area contributed by atoms with Gasteiger partial charge < -0.3 is 10.6 Å². The Bertz CT molecular complexity index is 485. The minimum atomic E-state index is -0.153. The van der Waals surface area contributed by atoms with E-state index in [9.17, 15) is 4.79 Å². The molecule has 1 unspecified atom stereocenters. The molecule has 1 amide bonds. The monoisotopic (exact) mass is 280 g/mol. The summed E-state index contributed by atoms with van der Waals surface area (Å²) < 4.78 is 0. The molecule has 1 atom stereocenters. The quantitative estimate of drug-likeness (QED) is 0.872. The molecule has 1 fully saturated rings. The molecular formula is C15H21ClN2O. The predicted octanol–water partition coefficient (Wildman–Crippen LogP) is 3.37. The van der Waals surface area contributed by atoms with Gasteiger partial charge in [-0.25, -0.2) is 0 Å². The number of hydrogen-bond acceptors (Lipinski definition) is 2. The first-order valence-electron chi connectivity index (χ1n) is 6.70. The van der Waals surface area contributed by atoms with Gasteiger partial charge in [-0.3, -0.25) is 4.79 Å². The van der Waals surface area contributed by atoms with E-state index in [0.717, 1.165) is 30.6 Å². The van der Waals surface area contributed by atoms with Crippen LogP contribution in [0.3, 0.4) is 0 Å². The highest BCUT2D eigenvalue weighted by atomic mass is 35.5. The first kappa shape index (κ1) is 14.4. The van der Waals surface area contributed by atoms with E-state index in [1.807, 2.05) is 19.1 Å². The average Bonchev–Trinajstić information content (AvgIpc) is 2.33. The smallest absolute Gasteiger partial charge is 0.242 e. The van der Waals surface area contributed by atoms with Crippen LogP contribution in [0.15, 0.2) is 18.2 Å².